The molecular formula is C14H10BrCl2N3. The molecule has 102 valence electrons. The van der Waals surface area contributed by atoms with Crippen molar-refractivity contribution < 1.29 is 0 Å². The standard InChI is InChI=1S/C14H9Cl2N3.BrH/c15-11-2-1-10(7-12(11)16)14-18-8-13(19-14)9-3-5-17-6-4-9;/h1-8H,(H,18,19);1H. The van der Waals surface area contributed by atoms with Crippen LogP contribution in [0.1, 0.15) is 0 Å². The smallest absolute Gasteiger partial charge is 0.137 e. The van der Waals surface area contributed by atoms with Crippen molar-refractivity contribution >= 4 is 40.2 Å². The molecule has 0 fully saturated rings. The van der Waals surface area contributed by atoms with Gasteiger partial charge < -0.3 is 4.98 Å². The summed E-state index contributed by atoms with van der Waals surface area (Å²) in [5.74, 6) is 0.755. The summed E-state index contributed by atoms with van der Waals surface area (Å²) in [6.45, 7) is 0. The molecule has 0 aliphatic heterocycles. The summed E-state index contributed by atoms with van der Waals surface area (Å²) < 4.78 is 0. The van der Waals surface area contributed by atoms with E-state index in [-0.39, 0.29) is 17.0 Å². The monoisotopic (exact) mass is 369 g/mol. The van der Waals surface area contributed by atoms with Crippen molar-refractivity contribution in [3.63, 3.8) is 0 Å². The molecule has 3 nitrogen and oxygen atoms in total. The van der Waals surface area contributed by atoms with Gasteiger partial charge in [0, 0.05) is 23.5 Å². The Bertz CT molecular complexity index is 713. The second-order valence-corrected chi connectivity index (χ2v) is 4.82. The molecule has 0 spiro atoms. The van der Waals surface area contributed by atoms with Crippen molar-refractivity contribution in [3.05, 3.63) is 59.0 Å². The van der Waals surface area contributed by atoms with E-state index in [9.17, 15) is 0 Å². The number of pyridine rings is 1. The third kappa shape index (κ3) is 3.03. The minimum atomic E-state index is 0. The van der Waals surface area contributed by atoms with E-state index < -0.39 is 0 Å². The minimum Gasteiger partial charge on any atom is -0.338 e. The van der Waals surface area contributed by atoms with Crippen molar-refractivity contribution in [2.75, 3.05) is 0 Å². The van der Waals surface area contributed by atoms with E-state index in [1.165, 1.54) is 0 Å². The number of aromatic amines is 1. The van der Waals surface area contributed by atoms with Gasteiger partial charge in [-0.1, -0.05) is 23.2 Å². The highest BCUT2D eigenvalue weighted by molar-refractivity contribution is 8.93. The van der Waals surface area contributed by atoms with Crippen LogP contribution in [0.15, 0.2) is 48.9 Å². The van der Waals surface area contributed by atoms with Crippen molar-refractivity contribution in [2.24, 2.45) is 0 Å². The summed E-state index contributed by atoms with van der Waals surface area (Å²) in [5, 5.41) is 1.05. The number of H-pyrrole nitrogens is 1. The zero-order valence-corrected chi connectivity index (χ0v) is 13.4. The van der Waals surface area contributed by atoms with Gasteiger partial charge in [0.1, 0.15) is 5.82 Å². The van der Waals surface area contributed by atoms with E-state index >= 15 is 0 Å². The van der Waals surface area contributed by atoms with Gasteiger partial charge in [-0.3, -0.25) is 4.98 Å². The van der Waals surface area contributed by atoms with Gasteiger partial charge in [0.2, 0.25) is 0 Å². The fourth-order valence-corrected chi connectivity index (χ4v) is 2.09. The number of rotatable bonds is 2. The Morgan fingerprint density at radius 2 is 1.65 bits per heavy atom. The van der Waals surface area contributed by atoms with Crippen LogP contribution >= 0.6 is 40.2 Å². The van der Waals surface area contributed by atoms with Gasteiger partial charge in [-0.25, -0.2) is 4.98 Å². The highest BCUT2D eigenvalue weighted by Gasteiger charge is 2.07. The Morgan fingerprint density at radius 1 is 0.900 bits per heavy atom. The largest absolute Gasteiger partial charge is 0.338 e. The lowest BCUT2D eigenvalue weighted by molar-refractivity contribution is 1.30. The molecule has 3 aromatic rings. The fraction of sp³-hybridized carbons (Fsp3) is 0. The van der Waals surface area contributed by atoms with E-state index in [4.69, 9.17) is 23.2 Å². The van der Waals surface area contributed by atoms with Crippen LogP contribution in [0.4, 0.5) is 0 Å². The Labute approximate surface area is 136 Å². The Kier molecular flexibility index (Phi) is 4.81. The molecule has 0 bridgehead atoms. The lowest BCUT2D eigenvalue weighted by Gasteiger charge is -2.00. The minimum absolute atomic E-state index is 0. The summed E-state index contributed by atoms with van der Waals surface area (Å²) >= 11 is 11.9. The van der Waals surface area contributed by atoms with Gasteiger partial charge in [-0.2, -0.15) is 0 Å². The number of halogens is 3. The number of hydrogen-bond acceptors (Lipinski definition) is 2. The van der Waals surface area contributed by atoms with Crippen LogP contribution in [-0.2, 0) is 0 Å². The molecule has 0 aliphatic rings. The zero-order valence-electron chi connectivity index (χ0n) is 10.2. The third-order valence-electron chi connectivity index (χ3n) is 2.76. The van der Waals surface area contributed by atoms with Crippen molar-refractivity contribution in [1.29, 1.82) is 0 Å². The van der Waals surface area contributed by atoms with Gasteiger partial charge in [0.05, 0.1) is 21.9 Å². The lowest BCUT2D eigenvalue weighted by Crippen LogP contribution is -1.82. The molecule has 0 amide bonds. The highest BCUT2D eigenvalue weighted by atomic mass is 79.9. The molecule has 0 saturated heterocycles. The second kappa shape index (κ2) is 6.39. The van der Waals surface area contributed by atoms with Crippen LogP contribution in [0, 0.1) is 0 Å². The first-order valence-corrected chi connectivity index (χ1v) is 6.40. The average Bonchev–Trinajstić information content (AvgIpc) is 2.93. The van der Waals surface area contributed by atoms with Crippen LogP contribution in [0.3, 0.4) is 0 Å². The second-order valence-electron chi connectivity index (χ2n) is 4.01. The topological polar surface area (TPSA) is 41.6 Å². The average molecular weight is 371 g/mol. The first kappa shape index (κ1) is 15.0. The van der Waals surface area contributed by atoms with Gasteiger partial charge in [0.15, 0.2) is 0 Å². The van der Waals surface area contributed by atoms with Gasteiger partial charge in [0.25, 0.3) is 0 Å². The number of hydrogen-bond donors (Lipinski definition) is 1. The zero-order chi connectivity index (χ0) is 13.2. The first-order valence-electron chi connectivity index (χ1n) is 5.65. The Balaban J connectivity index is 0.00000147. The van der Waals surface area contributed by atoms with Crippen LogP contribution in [0.5, 0.6) is 0 Å². The maximum absolute atomic E-state index is 6.01. The molecular weight excluding hydrogens is 361 g/mol. The number of nitrogens with one attached hydrogen (secondary N) is 1. The fourth-order valence-electron chi connectivity index (χ4n) is 1.79. The Hall–Kier alpha value is -1.36. The summed E-state index contributed by atoms with van der Waals surface area (Å²) in [6.07, 6.45) is 5.27. The molecule has 0 radical (unpaired) electrons. The molecule has 0 unspecified atom stereocenters. The number of benzene rings is 1. The summed E-state index contributed by atoms with van der Waals surface area (Å²) in [7, 11) is 0. The summed E-state index contributed by atoms with van der Waals surface area (Å²) in [5.41, 5.74) is 2.87. The molecule has 1 aromatic carbocycles. The molecule has 1 N–H and O–H groups in total. The van der Waals surface area contributed by atoms with Crippen molar-refractivity contribution in [2.45, 2.75) is 0 Å². The van der Waals surface area contributed by atoms with Crippen molar-refractivity contribution in [1.82, 2.24) is 15.0 Å². The van der Waals surface area contributed by atoms with Crippen LogP contribution in [0.2, 0.25) is 10.0 Å². The Morgan fingerprint density at radius 3 is 2.35 bits per heavy atom. The summed E-state index contributed by atoms with van der Waals surface area (Å²) in [6, 6.07) is 9.27. The number of imidazole rings is 1. The van der Waals surface area contributed by atoms with E-state index in [2.05, 4.69) is 15.0 Å². The van der Waals surface area contributed by atoms with Crippen LogP contribution in [0.25, 0.3) is 22.6 Å². The molecule has 6 heteroatoms. The third-order valence-corrected chi connectivity index (χ3v) is 3.50. The lowest BCUT2D eigenvalue weighted by atomic mass is 10.2. The quantitative estimate of drug-likeness (QED) is 0.687. The van der Waals surface area contributed by atoms with Gasteiger partial charge in [-0.05, 0) is 30.3 Å². The predicted octanol–water partition coefficient (Wildman–Crippen LogP) is 5.02. The molecule has 3 rings (SSSR count). The van der Waals surface area contributed by atoms with Crippen LogP contribution in [-0.4, -0.2) is 15.0 Å². The van der Waals surface area contributed by atoms with E-state index in [1.807, 2.05) is 18.2 Å². The molecule has 2 aromatic heterocycles. The predicted molar refractivity (Wildman–Crippen MR) is 87.6 cm³/mol. The molecule has 20 heavy (non-hydrogen) atoms. The van der Waals surface area contributed by atoms with E-state index in [1.54, 1.807) is 30.7 Å². The maximum atomic E-state index is 6.01. The van der Waals surface area contributed by atoms with E-state index in [0.717, 1.165) is 22.6 Å². The SMILES string of the molecule is Br.Clc1ccc(-c2ncc(-c3ccncc3)[nH]2)cc1Cl. The first-order chi connectivity index (χ1) is 9.24. The molecule has 0 saturated carbocycles. The molecule has 2 heterocycles. The summed E-state index contributed by atoms with van der Waals surface area (Å²) in [4.78, 5) is 11.6. The highest BCUT2D eigenvalue weighted by Crippen LogP contribution is 2.28. The number of nitrogens with zero attached hydrogens (tertiary/aromatic N) is 2. The van der Waals surface area contributed by atoms with Gasteiger partial charge in [-0.15, -0.1) is 17.0 Å². The van der Waals surface area contributed by atoms with E-state index in [0.29, 0.717) is 10.0 Å². The molecule has 0 atom stereocenters. The maximum Gasteiger partial charge on any atom is 0.137 e. The number of aromatic nitrogens is 3. The normalized spacial score (nSPS) is 10.1. The molecule has 0 aliphatic carbocycles. The van der Waals surface area contributed by atoms with Crippen molar-refractivity contribution in [3.8, 4) is 22.6 Å². The van der Waals surface area contributed by atoms with Gasteiger partial charge >= 0.3 is 0 Å². The van der Waals surface area contributed by atoms with Crippen LogP contribution < -0.4 is 0 Å².